The number of hydrogen-bond donors (Lipinski definition) is 3. The standard InChI is InChI=1S/C25H32O6/c1-4-25(30,5-2)15-9-10-17(3)19-13-14-20(23(26)27)22(24(28)29)21(19)16-31-18-11-7-6-8-12-18/h6-8,11-14,17,30H,4-5,9-10,15-16H2,1-3H3,(H,26,27)(H,28,29). The number of aromatic carboxylic acids is 2. The number of ether oxygens (including phenoxy) is 1. The van der Waals surface area contributed by atoms with Crippen LogP contribution in [0.15, 0.2) is 42.5 Å². The highest BCUT2D eigenvalue weighted by Gasteiger charge is 2.26. The van der Waals surface area contributed by atoms with Gasteiger partial charge in [-0.1, -0.05) is 45.0 Å². The number of carboxylic acids is 2. The lowest BCUT2D eigenvalue weighted by Crippen LogP contribution is -2.26. The topological polar surface area (TPSA) is 104 Å². The van der Waals surface area contributed by atoms with Gasteiger partial charge in [-0.05, 0) is 61.8 Å². The molecule has 0 amide bonds. The Morgan fingerprint density at radius 2 is 1.65 bits per heavy atom. The number of rotatable bonds is 12. The van der Waals surface area contributed by atoms with Crippen molar-refractivity contribution >= 4 is 11.9 Å². The molecule has 0 aromatic heterocycles. The molecule has 2 rings (SSSR count). The van der Waals surface area contributed by atoms with Crippen LogP contribution in [-0.4, -0.2) is 32.9 Å². The Hall–Kier alpha value is -2.86. The van der Waals surface area contributed by atoms with Gasteiger partial charge in [0, 0.05) is 5.56 Å². The van der Waals surface area contributed by atoms with Gasteiger partial charge in [-0.25, -0.2) is 9.59 Å². The SMILES string of the molecule is CCC(O)(CC)CCCC(C)c1ccc(C(=O)O)c(C(=O)O)c1COc1ccccc1. The van der Waals surface area contributed by atoms with E-state index >= 15 is 0 Å². The molecule has 0 saturated carbocycles. The molecule has 0 heterocycles. The van der Waals surface area contributed by atoms with Crippen molar-refractivity contribution in [2.24, 2.45) is 0 Å². The van der Waals surface area contributed by atoms with Gasteiger partial charge in [-0.2, -0.15) is 0 Å². The third-order valence-corrected chi connectivity index (χ3v) is 6.05. The third kappa shape index (κ3) is 6.31. The Balaban J connectivity index is 2.35. The van der Waals surface area contributed by atoms with Crippen molar-refractivity contribution in [2.45, 2.75) is 71.0 Å². The van der Waals surface area contributed by atoms with Crippen molar-refractivity contribution in [1.82, 2.24) is 0 Å². The van der Waals surface area contributed by atoms with Crippen LogP contribution in [0.2, 0.25) is 0 Å². The predicted molar refractivity (Wildman–Crippen MR) is 119 cm³/mol. The van der Waals surface area contributed by atoms with Crippen LogP contribution in [0.5, 0.6) is 5.75 Å². The van der Waals surface area contributed by atoms with Gasteiger partial charge in [-0.15, -0.1) is 0 Å². The largest absolute Gasteiger partial charge is 0.489 e. The molecular weight excluding hydrogens is 396 g/mol. The van der Waals surface area contributed by atoms with Crippen LogP contribution in [-0.2, 0) is 6.61 Å². The van der Waals surface area contributed by atoms with Gasteiger partial charge in [0.05, 0.1) is 16.7 Å². The summed E-state index contributed by atoms with van der Waals surface area (Å²) in [5, 5.41) is 29.8. The van der Waals surface area contributed by atoms with Gasteiger partial charge in [-0.3, -0.25) is 0 Å². The second-order valence-corrected chi connectivity index (χ2v) is 7.99. The predicted octanol–water partition coefficient (Wildman–Crippen LogP) is 5.49. The molecule has 0 fully saturated rings. The van der Waals surface area contributed by atoms with Crippen LogP contribution < -0.4 is 4.74 Å². The lowest BCUT2D eigenvalue weighted by atomic mass is 9.84. The zero-order chi connectivity index (χ0) is 23.0. The summed E-state index contributed by atoms with van der Waals surface area (Å²) in [4.78, 5) is 23.7. The van der Waals surface area contributed by atoms with E-state index < -0.39 is 17.5 Å². The number of hydrogen-bond acceptors (Lipinski definition) is 4. The van der Waals surface area contributed by atoms with Crippen molar-refractivity contribution in [3.05, 3.63) is 64.7 Å². The molecule has 6 nitrogen and oxygen atoms in total. The van der Waals surface area contributed by atoms with Crippen LogP contribution >= 0.6 is 0 Å². The highest BCUT2D eigenvalue weighted by Crippen LogP contribution is 2.32. The first kappa shape index (κ1) is 24.4. The molecule has 0 saturated heterocycles. The Morgan fingerprint density at radius 3 is 2.19 bits per heavy atom. The minimum Gasteiger partial charge on any atom is -0.489 e. The van der Waals surface area contributed by atoms with Crippen LogP contribution in [0.3, 0.4) is 0 Å². The Morgan fingerprint density at radius 1 is 1.00 bits per heavy atom. The summed E-state index contributed by atoms with van der Waals surface area (Å²) in [5.41, 5.74) is -0.0223. The van der Waals surface area contributed by atoms with E-state index in [0.717, 1.165) is 18.4 Å². The van der Waals surface area contributed by atoms with Gasteiger partial charge >= 0.3 is 11.9 Å². The summed E-state index contributed by atoms with van der Waals surface area (Å²) in [6.45, 7) is 5.89. The molecule has 0 aliphatic carbocycles. The molecule has 1 unspecified atom stereocenters. The summed E-state index contributed by atoms with van der Waals surface area (Å²) < 4.78 is 5.81. The molecule has 2 aromatic carbocycles. The molecular formula is C25H32O6. The van der Waals surface area contributed by atoms with Crippen molar-refractivity contribution in [3.63, 3.8) is 0 Å². The monoisotopic (exact) mass is 428 g/mol. The fraction of sp³-hybridized carbons (Fsp3) is 0.440. The Bertz CT molecular complexity index is 886. The van der Waals surface area contributed by atoms with E-state index in [0.29, 0.717) is 30.6 Å². The molecule has 31 heavy (non-hydrogen) atoms. The quantitative estimate of drug-likeness (QED) is 0.413. The van der Waals surface area contributed by atoms with E-state index in [9.17, 15) is 24.9 Å². The van der Waals surface area contributed by atoms with E-state index in [2.05, 4.69) is 0 Å². The van der Waals surface area contributed by atoms with Crippen LogP contribution in [0.4, 0.5) is 0 Å². The van der Waals surface area contributed by atoms with Crippen molar-refractivity contribution in [2.75, 3.05) is 0 Å². The smallest absolute Gasteiger partial charge is 0.336 e. The Labute approximate surface area is 183 Å². The first-order valence-electron chi connectivity index (χ1n) is 10.7. The number of aliphatic hydroxyl groups is 1. The van der Waals surface area contributed by atoms with Crippen LogP contribution in [0.25, 0.3) is 0 Å². The van der Waals surface area contributed by atoms with Gasteiger partial charge in [0.25, 0.3) is 0 Å². The van der Waals surface area contributed by atoms with E-state index in [-0.39, 0.29) is 23.7 Å². The molecule has 0 aliphatic rings. The maximum atomic E-state index is 12.0. The molecule has 2 aromatic rings. The average Bonchev–Trinajstić information content (AvgIpc) is 2.77. The molecule has 6 heteroatoms. The fourth-order valence-corrected chi connectivity index (χ4v) is 3.87. The third-order valence-electron chi connectivity index (χ3n) is 6.05. The molecule has 1 atom stereocenters. The number of carboxylic acid groups (broad SMARTS) is 2. The number of carbonyl (C=O) groups is 2. The number of benzene rings is 2. The second kappa shape index (κ2) is 11.0. The zero-order valence-corrected chi connectivity index (χ0v) is 18.4. The van der Waals surface area contributed by atoms with Crippen molar-refractivity contribution < 1.29 is 29.6 Å². The van der Waals surface area contributed by atoms with Gasteiger partial charge in [0.15, 0.2) is 0 Å². The zero-order valence-electron chi connectivity index (χ0n) is 18.4. The lowest BCUT2D eigenvalue weighted by Gasteiger charge is -2.26. The van der Waals surface area contributed by atoms with E-state index in [1.807, 2.05) is 39.0 Å². The first-order chi connectivity index (χ1) is 14.7. The van der Waals surface area contributed by atoms with Crippen LogP contribution in [0.1, 0.15) is 90.6 Å². The molecule has 168 valence electrons. The lowest BCUT2D eigenvalue weighted by molar-refractivity contribution is 0.0209. The summed E-state index contributed by atoms with van der Waals surface area (Å²) in [7, 11) is 0. The minimum absolute atomic E-state index is 0.0201. The second-order valence-electron chi connectivity index (χ2n) is 7.99. The molecule has 0 aliphatic heterocycles. The van der Waals surface area contributed by atoms with E-state index in [1.165, 1.54) is 6.07 Å². The summed E-state index contributed by atoms with van der Waals surface area (Å²) in [6, 6.07) is 12.1. The van der Waals surface area contributed by atoms with Gasteiger partial charge in [0.2, 0.25) is 0 Å². The Kier molecular flexibility index (Phi) is 8.63. The number of para-hydroxylation sites is 1. The van der Waals surface area contributed by atoms with E-state index in [1.54, 1.807) is 18.2 Å². The molecule has 0 spiro atoms. The fourth-order valence-electron chi connectivity index (χ4n) is 3.87. The van der Waals surface area contributed by atoms with Gasteiger partial charge < -0.3 is 20.1 Å². The van der Waals surface area contributed by atoms with Crippen molar-refractivity contribution in [1.29, 1.82) is 0 Å². The van der Waals surface area contributed by atoms with Crippen LogP contribution in [0, 0.1) is 0 Å². The average molecular weight is 429 g/mol. The molecule has 0 radical (unpaired) electrons. The maximum absolute atomic E-state index is 12.0. The highest BCUT2D eigenvalue weighted by atomic mass is 16.5. The van der Waals surface area contributed by atoms with E-state index in [4.69, 9.17) is 4.74 Å². The normalized spacial score (nSPS) is 12.4. The van der Waals surface area contributed by atoms with Gasteiger partial charge in [0.1, 0.15) is 12.4 Å². The minimum atomic E-state index is -1.29. The summed E-state index contributed by atoms with van der Waals surface area (Å²) in [5.74, 6) is -2.01. The summed E-state index contributed by atoms with van der Waals surface area (Å²) in [6.07, 6.45) is 3.56. The molecule has 3 N–H and O–H groups in total. The first-order valence-corrected chi connectivity index (χ1v) is 10.7. The van der Waals surface area contributed by atoms with Crippen molar-refractivity contribution in [3.8, 4) is 5.75 Å². The maximum Gasteiger partial charge on any atom is 0.336 e. The molecule has 0 bridgehead atoms. The highest BCUT2D eigenvalue weighted by molar-refractivity contribution is 6.03. The summed E-state index contributed by atoms with van der Waals surface area (Å²) >= 11 is 0.